The lowest BCUT2D eigenvalue weighted by Crippen LogP contribution is -2.55. The maximum Gasteiger partial charge on any atom is 0.254 e. The van der Waals surface area contributed by atoms with Gasteiger partial charge in [0.15, 0.2) is 0 Å². The molecule has 0 bridgehead atoms. The third-order valence-electron chi connectivity index (χ3n) is 4.36. The van der Waals surface area contributed by atoms with Gasteiger partial charge in [-0.3, -0.25) is 9.59 Å². The van der Waals surface area contributed by atoms with E-state index in [9.17, 15) is 9.59 Å². The van der Waals surface area contributed by atoms with Crippen molar-refractivity contribution in [3.05, 3.63) is 69.7 Å². The Hall–Kier alpha value is -2.04. The molecule has 0 radical (unpaired) electrons. The molecule has 4 nitrogen and oxygen atoms in total. The Morgan fingerprint density at radius 3 is 1.80 bits per heavy atom. The molecule has 0 N–H and O–H groups in total. The quantitative estimate of drug-likeness (QED) is 0.795. The molecule has 2 aromatic carbocycles. The van der Waals surface area contributed by atoms with Crippen LogP contribution in [0.3, 0.4) is 0 Å². The summed E-state index contributed by atoms with van der Waals surface area (Å²) in [5.41, 5.74) is 1.21. The zero-order valence-corrected chi connectivity index (χ0v) is 15.3. The average molecular weight is 377 g/mol. The second kappa shape index (κ2) is 7.46. The molecule has 130 valence electrons. The Bertz CT molecular complexity index is 775. The van der Waals surface area contributed by atoms with E-state index in [1.807, 2.05) is 6.92 Å². The molecule has 0 aromatic heterocycles. The highest BCUT2D eigenvalue weighted by Gasteiger charge is 2.30. The van der Waals surface area contributed by atoms with E-state index in [-0.39, 0.29) is 17.9 Å². The van der Waals surface area contributed by atoms with Crippen LogP contribution in [0.5, 0.6) is 0 Å². The summed E-state index contributed by atoms with van der Waals surface area (Å²) < 4.78 is 0. The van der Waals surface area contributed by atoms with Crippen LogP contribution in [0, 0.1) is 0 Å². The monoisotopic (exact) mass is 376 g/mol. The first-order chi connectivity index (χ1) is 12.0. The molecular formula is C19H18Cl2N2O2. The van der Waals surface area contributed by atoms with Gasteiger partial charge in [0.25, 0.3) is 11.8 Å². The van der Waals surface area contributed by atoms with Gasteiger partial charge in [0.1, 0.15) is 0 Å². The first-order valence-corrected chi connectivity index (χ1v) is 8.82. The van der Waals surface area contributed by atoms with Crippen molar-refractivity contribution in [2.24, 2.45) is 0 Å². The Labute approximate surface area is 156 Å². The minimum atomic E-state index is -0.0619. The van der Waals surface area contributed by atoms with Crippen molar-refractivity contribution in [1.29, 1.82) is 0 Å². The van der Waals surface area contributed by atoms with Crippen molar-refractivity contribution in [3.63, 3.8) is 0 Å². The third kappa shape index (κ3) is 3.97. The fourth-order valence-electron chi connectivity index (χ4n) is 2.98. The zero-order chi connectivity index (χ0) is 18.0. The maximum absolute atomic E-state index is 12.7. The number of carbonyl (C=O) groups is 2. The number of hydrogen-bond donors (Lipinski definition) is 0. The van der Waals surface area contributed by atoms with Crippen LogP contribution in [0.1, 0.15) is 27.6 Å². The molecule has 2 aromatic rings. The smallest absolute Gasteiger partial charge is 0.254 e. The summed E-state index contributed by atoms with van der Waals surface area (Å²) in [4.78, 5) is 28.9. The van der Waals surface area contributed by atoms with Crippen molar-refractivity contribution in [3.8, 4) is 0 Å². The van der Waals surface area contributed by atoms with E-state index >= 15 is 0 Å². The lowest BCUT2D eigenvalue weighted by molar-refractivity contribution is 0.0414. The van der Waals surface area contributed by atoms with E-state index in [1.54, 1.807) is 58.3 Å². The molecule has 1 aliphatic heterocycles. The largest absolute Gasteiger partial charge is 0.335 e. The molecule has 25 heavy (non-hydrogen) atoms. The number of benzene rings is 2. The van der Waals surface area contributed by atoms with Crippen LogP contribution in [0.25, 0.3) is 0 Å². The lowest BCUT2D eigenvalue weighted by Gasteiger charge is -2.40. The first-order valence-electron chi connectivity index (χ1n) is 8.07. The van der Waals surface area contributed by atoms with Gasteiger partial charge in [-0.25, -0.2) is 0 Å². The molecule has 1 saturated heterocycles. The molecule has 1 unspecified atom stereocenters. The van der Waals surface area contributed by atoms with E-state index < -0.39 is 0 Å². The Kier molecular flexibility index (Phi) is 5.30. The molecule has 3 rings (SSSR count). The van der Waals surface area contributed by atoms with Crippen LogP contribution in [0.15, 0.2) is 48.5 Å². The minimum Gasteiger partial charge on any atom is -0.335 e. The number of hydrogen-bond acceptors (Lipinski definition) is 2. The standard InChI is InChI=1S/C19H18Cl2N2O2/c1-13-12-22(18(24)14-2-6-16(20)7-3-14)10-11-23(13)19(25)15-4-8-17(21)9-5-15/h2-9,13H,10-12H2,1H3. The summed E-state index contributed by atoms with van der Waals surface area (Å²) in [6, 6.07) is 13.7. The topological polar surface area (TPSA) is 40.6 Å². The molecule has 0 saturated carbocycles. The fourth-order valence-corrected chi connectivity index (χ4v) is 3.23. The highest BCUT2D eigenvalue weighted by molar-refractivity contribution is 6.31. The number of rotatable bonds is 2. The summed E-state index contributed by atoms with van der Waals surface area (Å²) in [7, 11) is 0. The summed E-state index contributed by atoms with van der Waals surface area (Å²) in [6.45, 7) is 3.46. The highest BCUT2D eigenvalue weighted by Crippen LogP contribution is 2.18. The number of amides is 2. The molecular weight excluding hydrogens is 359 g/mol. The second-order valence-electron chi connectivity index (χ2n) is 6.11. The number of piperazine rings is 1. The van der Waals surface area contributed by atoms with E-state index in [4.69, 9.17) is 23.2 Å². The van der Waals surface area contributed by atoms with Crippen LogP contribution in [-0.4, -0.2) is 47.3 Å². The van der Waals surface area contributed by atoms with Crippen LogP contribution in [0.4, 0.5) is 0 Å². The predicted molar refractivity (Wildman–Crippen MR) is 99.3 cm³/mol. The van der Waals surface area contributed by atoms with E-state index in [1.165, 1.54) is 0 Å². The van der Waals surface area contributed by atoms with Crippen molar-refractivity contribution >= 4 is 35.0 Å². The number of carbonyl (C=O) groups excluding carboxylic acids is 2. The molecule has 1 atom stereocenters. The maximum atomic E-state index is 12.7. The van der Waals surface area contributed by atoms with Gasteiger partial charge in [0, 0.05) is 46.8 Å². The van der Waals surface area contributed by atoms with Gasteiger partial charge in [-0.1, -0.05) is 23.2 Å². The van der Waals surface area contributed by atoms with Crippen LogP contribution >= 0.6 is 23.2 Å². The van der Waals surface area contributed by atoms with Gasteiger partial charge >= 0.3 is 0 Å². The highest BCUT2D eigenvalue weighted by atomic mass is 35.5. The second-order valence-corrected chi connectivity index (χ2v) is 6.99. The summed E-state index contributed by atoms with van der Waals surface area (Å²) >= 11 is 11.7. The molecule has 2 amide bonds. The van der Waals surface area contributed by atoms with Gasteiger partial charge in [-0.15, -0.1) is 0 Å². The van der Waals surface area contributed by atoms with Crippen molar-refractivity contribution in [2.45, 2.75) is 13.0 Å². The summed E-state index contributed by atoms with van der Waals surface area (Å²) in [5, 5.41) is 1.20. The first kappa shape index (κ1) is 17.8. The zero-order valence-electron chi connectivity index (χ0n) is 13.8. The molecule has 1 heterocycles. The average Bonchev–Trinajstić information content (AvgIpc) is 2.62. The number of nitrogens with zero attached hydrogens (tertiary/aromatic N) is 2. The summed E-state index contributed by atoms with van der Waals surface area (Å²) in [6.07, 6.45) is 0. The van der Waals surface area contributed by atoms with Crippen molar-refractivity contribution < 1.29 is 9.59 Å². The van der Waals surface area contributed by atoms with E-state index in [2.05, 4.69) is 0 Å². The molecule has 1 aliphatic rings. The Balaban J connectivity index is 1.67. The molecule has 0 spiro atoms. The minimum absolute atomic E-state index is 0.0391. The molecule has 6 heteroatoms. The van der Waals surface area contributed by atoms with Crippen LogP contribution in [-0.2, 0) is 0 Å². The Morgan fingerprint density at radius 1 is 0.840 bits per heavy atom. The molecule has 0 aliphatic carbocycles. The lowest BCUT2D eigenvalue weighted by atomic mass is 10.1. The van der Waals surface area contributed by atoms with Gasteiger partial charge in [-0.2, -0.15) is 0 Å². The van der Waals surface area contributed by atoms with Crippen molar-refractivity contribution in [2.75, 3.05) is 19.6 Å². The summed E-state index contributed by atoms with van der Waals surface area (Å²) in [5.74, 6) is -0.0788. The van der Waals surface area contributed by atoms with Gasteiger partial charge in [0.2, 0.25) is 0 Å². The third-order valence-corrected chi connectivity index (χ3v) is 4.86. The van der Waals surface area contributed by atoms with Gasteiger partial charge in [-0.05, 0) is 55.5 Å². The number of halogens is 2. The predicted octanol–water partition coefficient (Wildman–Crippen LogP) is 3.98. The van der Waals surface area contributed by atoms with Crippen molar-refractivity contribution in [1.82, 2.24) is 9.80 Å². The van der Waals surface area contributed by atoms with Crippen LogP contribution < -0.4 is 0 Å². The normalized spacial score (nSPS) is 17.5. The van der Waals surface area contributed by atoms with E-state index in [0.717, 1.165) is 0 Å². The van der Waals surface area contributed by atoms with E-state index in [0.29, 0.717) is 40.8 Å². The molecule has 1 fully saturated rings. The van der Waals surface area contributed by atoms with Gasteiger partial charge < -0.3 is 9.80 Å². The van der Waals surface area contributed by atoms with Gasteiger partial charge in [0.05, 0.1) is 0 Å². The fraction of sp³-hybridized carbons (Fsp3) is 0.263. The van der Waals surface area contributed by atoms with Crippen LogP contribution in [0.2, 0.25) is 10.0 Å². The SMILES string of the molecule is CC1CN(C(=O)c2ccc(Cl)cc2)CCN1C(=O)c1ccc(Cl)cc1. The Morgan fingerprint density at radius 2 is 1.32 bits per heavy atom.